The molecule has 10 heteroatoms. The van der Waals surface area contributed by atoms with Gasteiger partial charge < -0.3 is 35.3 Å². The normalized spacial score (nSPS) is 17.8. The highest BCUT2D eigenvalue weighted by Gasteiger charge is 2.41. The summed E-state index contributed by atoms with van der Waals surface area (Å²) in [6.07, 6.45) is 1.37. The van der Waals surface area contributed by atoms with E-state index in [1.165, 1.54) is 11.8 Å². The first-order valence-electron chi connectivity index (χ1n) is 10.3. The summed E-state index contributed by atoms with van der Waals surface area (Å²) in [7, 11) is 0. The third kappa shape index (κ3) is 4.92. The topological polar surface area (TPSA) is 124 Å². The Bertz CT molecular complexity index is 1060. The predicted molar refractivity (Wildman–Crippen MR) is 119 cm³/mol. The van der Waals surface area contributed by atoms with Gasteiger partial charge in [0.2, 0.25) is 6.35 Å². The van der Waals surface area contributed by atoms with Crippen LogP contribution in [-0.4, -0.2) is 38.1 Å². The molecule has 0 saturated carbocycles. The minimum atomic E-state index is -0.952. The number of aryl methyl sites for hydroxylation is 1. The van der Waals surface area contributed by atoms with Crippen LogP contribution in [0.2, 0.25) is 0 Å². The van der Waals surface area contributed by atoms with Crippen LogP contribution in [0.15, 0.2) is 54.7 Å². The molecule has 4 rings (SSSR count). The molecule has 0 amide bonds. The number of fused-ring (bicyclic) bond motifs is 1. The summed E-state index contributed by atoms with van der Waals surface area (Å²) in [5.74, 6) is 0.397. The number of nitro groups is 1. The Morgan fingerprint density at radius 1 is 1.22 bits per heavy atom. The molecule has 0 radical (unpaired) electrons. The molecule has 1 aliphatic heterocycles. The lowest BCUT2D eigenvalue weighted by molar-refractivity contribution is -0.389. The molecule has 0 saturated heterocycles. The number of nitrogens with zero attached hydrogens (tertiary/aromatic N) is 3. The monoisotopic (exact) mass is 439 g/mol. The first kappa shape index (κ1) is 21.4. The molecule has 1 unspecified atom stereocenters. The minimum Gasteiger partial charge on any atom is -0.489 e. The highest BCUT2D eigenvalue weighted by molar-refractivity contribution is 5.50. The zero-order chi connectivity index (χ0) is 22.7. The van der Waals surface area contributed by atoms with E-state index in [2.05, 4.69) is 22.5 Å². The Kier molecular flexibility index (Phi) is 5.87. The second kappa shape index (κ2) is 8.75. The summed E-state index contributed by atoms with van der Waals surface area (Å²) >= 11 is 0. The van der Waals surface area contributed by atoms with Crippen molar-refractivity contribution in [1.29, 1.82) is 0 Å². The maximum atomic E-state index is 10.8. The highest BCUT2D eigenvalue weighted by atomic mass is 16.6. The number of ether oxygens (including phenoxy) is 2. The lowest BCUT2D eigenvalue weighted by atomic mass is 10.1. The van der Waals surface area contributed by atoms with Gasteiger partial charge in [0.05, 0.1) is 6.54 Å². The standard InChI is InChI=1S/C22H25N5O5/c1-3-15-4-6-16(7-5-15)23-20(28)24-17-8-10-18(11-9-17)31-14-22(2)13-26-12-19(27(29)30)25-21(26)32-22/h4-12,20,23-24,28H,3,13-14H2,1-2H3/t20?,22-/m1/s1. The molecule has 168 valence electrons. The van der Waals surface area contributed by atoms with Gasteiger partial charge in [-0.3, -0.25) is 4.57 Å². The highest BCUT2D eigenvalue weighted by Crippen LogP contribution is 2.31. The molecule has 3 aromatic rings. The Morgan fingerprint density at radius 2 is 1.84 bits per heavy atom. The van der Waals surface area contributed by atoms with Crippen LogP contribution in [0.25, 0.3) is 0 Å². The number of rotatable bonds is 9. The molecule has 0 aliphatic carbocycles. The van der Waals surface area contributed by atoms with E-state index in [-0.39, 0.29) is 18.4 Å². The first-order chi connectivity index (χ1) is 15.3. The number of aromatic nitrogens is 2. The van der Waals surface area contributed by atoms with Gasteiger partial charge in [0.15, 0.2) is 5.60 Å². The number of nitrogens with one attached hydrogen (secondary N) is 2. The van der Waals surface area contributed by atoms with Crippen molar-refractivity contribution in [1.82, 2.24) is 9.55 Å². The molecule has 32 heavy (non-hydrogen) atoms. The van der Waals surface area contributed by atoms with Gasteiger partial charge in [0.25, 0.3) is 0 Å². The van der Waals surface area contributed by atoms with Crippen molar-refractivity contribution < 1.29 is 19.5 Å². The van der Waals surface area contributed by atoms with Crippen LogP contribution in [0.5, 0.6) is 11.8 Å². The molecule has 0 fully saturated rings. The average molecular weight is 439 g/mol. The molecule has 0 bridgehead atoms. The lowest BCUT2D eigenvalue weighted by Gasteiger charge is -2.22. The molecule has 2 aromatic carbocycles. The Morgan fingerprint density at radius 3 is 2.41 bits per heavy atom. The molecule has 2 heterocycles. The minimum absolute atomic E-state index is 0.216. The second-order valence-corrected chi connectivity index (χ2v) is 7.87. The summed E-state index contributed by atoms with van der Waals surface area (Å²) in [5.41, 5.74) is 2.09. The van der Waals surface area contributed by atoms with E-state index in [1.54, 1.807) is 28.8 Å². The third-order valence-corrected chi connectivity index (χ3v) is 5.12. The van der Waals surface area contributed by atoms with Crippen LogP contribution in [0.1, 0.15) is 19.4 Å². The molecule has 0 spiro atoms. The van der Waals surface area contributed by atoms with Gasteiger partial charge in [0, 0.05) is 16.4 Å². The number of benzene rings is 2. The van der Waals surface area contributed by atoms with E-state index in [1.807, 2.05) is 31.2 Å². The van der Waals surface area contributed by atoms with E-state index in [4.69, 9.17) is 9.47 Å². The van der Waals surface area contributed by atoms with Gasteiger partial charge in [-0.1, -0.05) is 19.1 Å². The molecule has 10 nitrogen and oxygen atoms in total. The number of aliphatic hydroxyl groups is 1. The fourth-order valence-electron chi connectivity index (χ4n) is 3.43. The Labute approximate surface area is 185 Å². The van der Waals surface area contributed by atoms with Crippen molar-refractivity contribution in [3.8, 4) is 11.8 Å². The van der Waals surface area contributed by atoms with Gasteiger partial charge in [-0.15, -0.1) is 0 Å². The van der Waals surface area contributed by atoms with Crippen LogP contribution < -0.4 is 20.1 Å². The van der Waals surface area contributed by atoms with Crippen molar-refractivity contribution in [3.05, 3.63) is 70.4 Å². The van der Waals surface area contributed by atoms with E-state index in [0.717, 1.165) is 17.8 Å². The largest absolute Gasteiger partial charge is 0.489 e. The molecule has 2 atom stereocenters. The molecular weight excluding hydrogens is 414 g/mol. The number of hydrogen-bond donors (Lipinski definition) is 3. The van der Waals surface area contributed by atoms with Crippen molar-refractivity contribution >= 4 is 17.2 Å². The summed E-state index contributed by atoms with van der Waals surface area (Å²) in [6.45, 7) is 4.60. The van der Waals surface area contributed by atoms with Gasteiger partial charge in [-0.05, 0) is 60.2 Å². The van der Waals surface area contributed by atoms with E-state index in [9.17, 15) is 15.2 Å². The Hall–Kier alpha value is -3.79. The van der Waals surface area contributed by atoms with Crippen LogP contribution in [0, 0.1) is 10.1 Å². The predicted octanol–water partition coefficient (Wildman–Crippen LogP) is 3.38. The first-order valence-corrected chi connectivity index (χ1v) is 10.3. The maximum Gasteiger partial charge on any atom is 0.415 e. The zero-order valence-corrected chi connectivity index (χ0v) is 17.8. The van der Waals surface area contributed by atoms with Crippen molar-refractivity contribution in [2.24, 2.45) is 0 Å². The molecular formula is C22H25N5O5. The quantitative estimate of drug-likeness (QED) is 0.263. The van der Waals surface area contributed by atoms with E-state index >= 15 is 0 Å². The molecule has 1 aliphatic rings. The summed E-state index contributed by atoms with van der Waals surface area (Å²) in [4.78, 5) is 14.1. The number of aliphatic hydroxyl groups excluding tert-OH is 1. The van der Waals surface area contributed by atoms with Gasteiger partial charge in [0.1, 0.15) is 18.6 Å². The van der Waals surface area contributed by atoms with Crippen molar-refractivity contribution in [3.63, 3.8) is 0 Å². The van der Waals surface area contributed by atoms with Crippen molar-refractivity contribution in [2.45, 2.75) is 38.8 Å². The van der Waals surface area contributed by atoms with E-state index in [0.29, 0.717) is 12.3 Å². The van der Waals surface area contributed by atoms with Crippen molar-refractivity contribution in [2.75, 3.05) is 17.2 Å². The number of hydrogen-bond acceptors (Lipinski definition) is 8. The van der Waals surface area contributed by atoms with Gasteiger partial charge >= 0.3 is 11.8 Å². The van der Waals surface area contributed by atoms with Crippen LogP contribution in [0.3, 0.4) is 0 Å². The van der Waals surface area contributed by atoms with Crippen LogP contribution in [0.4, 0.5) is 17.2 Å². The molecule has 3 N–H and O–H groups in total. The SMILES string of the molecule is CCc1ccc(NC(O)Nc2ccc(OC[C@@]3(C)Cn4cc([N+](=O)[O-])nc4O3)cc2)cc1. The average Bonchev–Trinajstić information content (AvgIpc) is 3.29. The number of anilines is 2. The summed E-state index contributed by atoms with van der Waals surface area (Å²) in [6, 6.07) is 15.3. The smallest absolute Gasteiger partial charge is 0.415 e. The van der Waals surface area contributed by atoms with E-state index < -0.39 is 16.9 Å². The summed E-state index contributed by atoms with van der Waals surface area (Å²) < 4.78 is 13.2. The molecule has 1 aromatic heterocycles. The maximum absolute atomic E-state index is 10.8. The fourth-order valence-corrected chi connectivity index (χ4v) is 3.43. The van der Waals surface area contributed by atoms with Crippen LogP contribution >= 0.6 is 0 Å². The summed E-state index contributed by atoms with van der Waals surface area (Å²) in [5, 5.41) is 27.0. The number of imidazole rings is 1. The fraction of sp³-hybridized carbons (Fsp3) is 0.318. The zero-order valence-electron chi connectivity index (χ0n) is 17.8. The second-order valence-electron chi connectivity index (χ2n) is 7.87. The van der Waals surface area contributed by atoms with Gasteiger partial charge in [-0.25, -0.2) is 0 Å². The Balaban J connectivity index is 1.27. The lowest BCUT2D eigenvalue weighted by Crippen LogP contribution is -2.38. The third-order valence-electron chi connectivity index (χ3n) is 5.12. The van der Waals surface area contributed by atoms with Gasteiger partial charge in [-0.2, -0.15) is 0 Å². The van der Waals surface area contributed by atoms with Crippen LogP contribution in [-0.2, 0) is 13.0 Å².